The molecule has 18 aromatic rings. The van der Waals surface area contributed by atoms with Crippen LogP contribution in [0.4, 0.5) is 0 Å². The maximum Gasteiger partial charge on any atom is 0.569 e. The van der Waals surface area contributed by atoms with Crippen LogP contribution in [0.15, 0.2) is 344 Å². The Morgan fingerprint density at radius 3 is 0.971 bits per heavy atom. The van der Waals surface area contributed by atoms with Gasteiger partial charge in [-0.15, -0.1) is 0 Å². The fourth-order valence-corrected chi connectivity index (χ4v) is 17.2. The molecule has 0 bridgehead atoms. The van der Waals surface area contributed by atoms with Gasteiger partial charge in [0.15, 0.2) is 0 Å². The van der Waals surface area contributed by atoms with Crippen LogP contribution in [-0.2, 0) is 10.8 Å². The summed E-state index contributed by atoms with van der Waals surface area (Å²) in [5, 5.41) is 29.3. The summed E-state index contributed by atoms with van der Waals surface area (Å²) in [5.41, 5.74) is 23.4. The van der Waals surface area contributed by atoms with E-state index in [-0.39, 0.29) is 10.8 Å². The topological polar surface area (TPSA) is 29.5 Å². The fraction of sp³-hybridized carbons (Fsp3) is 0.0612. The van der Waals surface area contributed by atoms with E-state index in [2.05, 4.69) is 365 Å². The van der Waals surface area contributed by atoms with Gasteiger partial charge in [-0.25, -0.2) is 0 Å². The molecule has 0 aliphatic heterocycles. The van der Waals surface area contributed by atoms with Gasteiger partial charge in [0.25, 0.3) is 0 Å². The van der Waals surface area contributed by atoms with Gasteiger partial charge >= 0.3 is 7.69 Å². The van der Waals surface area contributed by atoms with Crippen molar-refractivity contribution in [2.75, 3.05) is 0 Å². The highest BCUT2D eigenvalue weighted by Crippen LogP contribution is 2.54. The zero-order chi connectivity index (χ0) is 68.8. The van der Waals surface area contributed by atoms with Gasteiger partial charge in [0, 0.05) is 15.3 Å². The van der Waals surface area contributed by atoms with Crippen LogP contribution in [0.1, 0.15) is 49.9 Å². The lowest BCUT2D eigenvalue weighted by Gasteiger charge is -2.22. The van der Waals surface area contributed by atoms with E-state index in [0.717, 1.165) is 23.3 Å². The lowest BCUT2D eigenvalue weighted by Crippen LogP contribution is -2.14. The Morgan fingerprint density at radius 1 is 0.245 bits per heavy atom. The highest BCUT2D eigenvalue weighted by atomic mass is 79.9. The largest absolute Gasteiger partial charge is 0.569 e. The van der Waals surface area contributed by atoms with Gasteiger partial charge in [-0.05, 0) is 259 Å². The Labute approximate surface area is 603 Å². The Hall–Kier alpha value is -11.7. The summed E-state index contributed by atoms with van der Waals surface area (Å²) in [6, 6.07) is 123. The minimum Gasteiger partial charge on any atom is -0.537 e. The number of rotatable bonds is 7. The van der Waals surface area contributed by atoms with Crippen molar-refractivity contribution in [3.8, 4) is 83.6 Å². The third-order valence-electron chi connectivity index (χ3n) is 21.8. The standard InChI is InChI=1S/C49H34.C30H20BO2.C19H15Br/c1-49(2)45-25-24-36(29-43(45)44-28-34-14-5-6-15-35(34)30-46(44)49)33-16-11-17-37(27-33)47-39-18-7-9-20-41(39)48(42-21-10-8-19-40(42)47)38-23-22-31-12-3-4-13-32(31)26-38;32-31-33-24-11-7-10-22(19-24)29-25-12-3-5-14-27(25)30(28-15-6-4-13-26(28)29)23-17-16-20-8-1-2-9-21(20)18-23;1-19(2)17-8-7-14(20)11-16(17)15-9-12-5-3-4-6-13(12)10-18(15)19/h3-30H,1-2H3;1-19,32H;3-11H,1-2H3. The van der Waals surface area contributed by atoms with Crippen LogP contribution in [0.25, 0.3) is 164 Å². The van der Waals surface area contributed by atoms with Crippen LogP contribution in [0.2, 0.25) is 0 Å². The zero-order valence-corrected chi connectivity index (χ0v) is 58.7. The first kappa shape index (κ1) is 62.6. The molecule has 2 aliphatic rings. The Balaban J connectivity index is 0.000000121. The average Bonchev–Trinajstić information content (AvgIpc) is 1.43. The lowest BCUT2D eigenvalue weighted by molar-refractivity contribution is 0.454. The summed E-state index contributed by atoms with van der Waals surface area (Å²) in [4.78, 5) is 0. The van der Waals surface area contributed by atoms with E-state index >= 15 is 0 Å². The second-order valence-corrected chi connectivity index (χ2v) is 29.2. The predicted molar refractivity (Wildman–Crippen MR) is 438 cm³/mol. The third kappa shape index (κ3) is 10.7. The molecule has 483 valence electrons. The number of hydrogen-bond donors (Lipinski definition) is 1. The molecule has 0 atom stereocenters. The van der Waals surface area contributed by atoms with Crippen molar-refractivity contribution in [1.29, 1.82) is 0 Å². The van der Waals surface area contributed by atoms with E-state index in [0.29, 0.717) is 5.75 Å². The van der Waals surface area contributed by atoms with E-state index in [9.17, 15) is 0 Å². The van der Waals surface area contributed by atoms with Crippen LogP contribution in [0, 0.1) is 0 Å². The van der Waals surface area contributed by atoms with Crippen molar-refractivity contribution in [2.24, 2.45) is 0 Å². The molecule has 1 radical (unpaired) electrons. The molecule has 0 saturated heterocycles. The molecule has 20 rings (SSSR count). The zero-order valence-electron chi connectivity index (χ0n) is 57.1. The molecule has 0 amide bonds. The molecule has 102 heavy (non-hydrogen) atoms. The molecule has 1 N–H and O–H groups in total. The van der Waals surface area contributed by atoms with Crippen LogP contribution in [0.5, 0.6) is 5.75 Å². The number of benzene rings is 18. The van der Waals surface area contributed by atoms with E-state index in [1.807, 2.05) is 18.2 Å². The molecule has 0 saturated carbocycles. The quantitative estimate of drug-likeness (QED) is 0.127. The molecule has 0 spiro atoms. The van der Waals surface area contributed by atoms with Crippen molar-refractivity contribution in [3.63, 3.8) is 0 Å². The van der Waals surface area contributed by atoms with Crippen molar-refractivity contribution in [1.82, 2.24) is 0 Å². The van der Waals surface area contributed by atoms with Gasteiger partial charge in [-0.2, -0.15) is 0 Å². The Kier molecular flexibility index (Phi) is 15.5. The van der Waals surface area contributed by atoms with Gasteiger partial charge < -0.3 is 9.68 Å². The van der Waals surface area contributed by atoms with E-state index in [1.54, 1.807) is 0 Å². The number of hydrogen-bond acceptors (Lipinski definition) is 2. The van der Waals surface area contributed by atoms with E-state index in [1.165, 1.54) is 175 Å². The van der Waals surface area contributed by atoms with Crippen LogP contribution >= 0.6 is 15.9 Å². The van der Waals surface area contributed by atoms with Gasteiger partial charge in [0.2, 0.25) is 0 Å². The average molecular weight is 1370 g/mol. The van der Waals surface area contributed by atoms with Gasteiger partial charge in [-0.1, -0.05) is 311 Å². The predicted octanol–water partition coefficient (Wildman–Crippen LogP) is 26.9. The summed E-state index contributed by atoms with van der Waals surface area (Å²) >= 11 is 3.60. The van der Waals surface area contributed by atoms with Crippen molar-refractivity contribution in [3.05, 3.63) is 366 Å². The molecular formula is C98H69BBrO2. The van der Waals surface area contributed by atoms with Crippen LogP contribution in [0.3, 0.4) is 0 Å². The summed E-state index contributed by atoms with van der Waals surface area (Å²) in [5.74, 6) is 0.599. The minimum absolute atomic E-state index is 0.0420. The van der Waals surface area contributed by atoms with E-state index in [4.69, 9.17) is 9.68 Å². The molecule has 0 unspecified atom stereocenters. The van der Waals surface area contributed by atoms with Gasteiger partial charge in [0.05, 0.1) is 0 Å². The van der Waals surface area contributed by atoms with Crippen molar-refractivity contribution < 1.29 is 9.68 Å². The Bertz CT molecular complexity index is 6320. The molecule has 18 aromatic carbocycles. The molecule has 2 aliphatic carbocycles. The van der Waals surface area contributed by atoms with Crippen LogP contribution < -0.4 is 4.65 Å². The van der Waals surface area contributed by atoms with Crippen molar-refractivity contribution in [2.45, 2.75) is 38.5 Å². The highest BCUT2D eigenvalue weighted by molar-refractivity contribution is 9.10. The molecule has 4 heteroatoms. The first-order valence-corrected chi connectivity index (χ1v) is 36.0. The van der Waals surface area contributed by atoms with E-state index < -0.39 is 0 Å². The SMILES string of the molecule is CC1(C)c2ccc(-c3cccc(-c4c5ccccc5c(-c5ccc6ccccc6c5)c5ccccc45)c3)cc2-c2cc3ccccc3cc21.CC1(C)c2ccc(Br)cc2-c2cc3ccccc3cc21.O[B]Oc1cccc(-c2c3ccccc3c(-c3ccc4ccccc4c3)c3ccccc23)c1. The lowest BCUT2D eigenvalue weighted by atomic mass is 9.81. The second-order valence-electron chi connectivity index (χ2n) is 28.3. The molecule has 0 aromatic heterocycles. The Morgan fingerprint density at radius 2 is 0.549 bits per heavy atom. The summed E-state index contributed by atoms with van der Waals surface area (Å²) in [6.45, 7) is 9.37. The normalized spacial score (nSPS) is 13.0. The highest BCUT2D eigenvalue weighted by Gasteiger charge is 2.37. The maximum absolute atomic E-state index is 9.12. The van der Waals surface area contributed by atoms with Crippen LogP contribution in [-0.4, -0.2) is 12.7 Å². The monoisotopic (exact) mass is 1370 g/mol. The first-order valence-electron chi connectivity index (χ1n) is 35.2. The third-order valence-corrected chi connectivity index (χ3v) is 22.3. The summed E-state index contributed by atoms with van der Waals surface area (Å²) in [6.07, 6.45) is 0. The van der Waals surface area contributed by atoms with Gasteiger partial charge in [0.1, 0.15) is 5.75 Å². The molecular weight excluding hydrogens is 1300 g/mol. The fourth-order valence-electron chi connectivity index (χ4n) is 16.9. The first-order chi connectivity index (χ1) is 49.9. The maximum atomic E-state index is 9.12. The number of halogens is 1. The molecule has 2 nitrogen and oxygen atoms in total. The van der Waals surface area contributed by atoms with Crippen molar-refractivity contribution >= 4 is 110 Å². The summed E-state index contributed by atoms with van der Waals surface area (Å²) in [7, 11) is 0.720. The molecule has 0 fully saturated rings. The number of fused-ring (bicyclic) bond motifs is 14. The second kappa shape index (κ2) is 25.2. The summed E-state index contributed by atoms with van der Waals surface area (Å²) < 4.78 is 6.40. The smallest absolute Gasteiger partial charge is 0.537 e. The minimum atomic E-state index is -0.0420. The molecule has 0 heterocycles. The van der Waals surface area contributed by atoms with Gasteiger partial charge in [-0.3, -0.25) is 0 Å².